The zero-order valence-electron chi connectivity index (χ0n) is 19.0. The summed E-state index contributed by atoms with van der Waals surface area (Å²) in [5.41, 5.74) is 5.77. The summed E-state index contributed by atoms with van der Waals surface area (Å²) in [6, 6.07) is 20.1. The summed E-state index contributed by atoms with van der Waals surface area (Å²) < 4.78 is 5.58. The number of carbonyl (C=O) groups is 3. The van der Waals surface area contributed by atoms with E-state index in [1.165, 1.54) is 0 Å². The third-order valence-corrected chi connectivity index (χ3v) is 6.17. The van der Waals surface area contributed by atoms with E-state index in [1.54, 1.807) is 32.0 Å². The largest absolute Gasteiger partial charge is 0.480 e. The van der Waals surface area contributed by atoms with E-state index in [4.69, 9.17) is 4.74 Å². The van der Waals surface area contributed by atoms with Gasteiger partial charge in [-0.3, -0.25) is 10.1 Å². The maximum atomic E-state index is 12.6. The first-order valence-corrected chi connectivity index (χ1v) is 11.2. The van der Waals surface area contributed by atoms with Crippen molar-refractivity contribution in [3.63, 3.8) is 0 Å². The Kier molecular flexibility index (Phi) is 6.63. The molecule has 0 fully saturated rings. The van der Waals surface area contributed by atoms with E-state index in [9.17, 15) is 19.5 Å². The van der Waals surface area contributed by atoms with Gasteiger partial charge >= 0.3 is 12.1 Å². The summed E-state index contributed by atoms with van der Waals surface area (Å²) in [5, 5.41) is 14.4. The van der Waals surface area contributed by atoms with Crippen LogP contribution < -0.4 is 10.6 Å². The van der Waals surface area contributed by atoms with Crippen LogP contribution in [0.5, 0.6) is 0 Å². The molecule has 0 spiro atoms. The first-order valence-electron chi connectivity index (χ1n) is 11.2. The van der Waals surface area contributed by atoms with Gasteiger partial charge in [0.15, 0.2) is 0 Å². The maximum Gasteiger partial charge on any atom is 0.411 e. The molecule has 1 aliphatic rings. The molecular formula is C27H26N2O5. The second-order valence-electron chi connectivity index (χ2n) is 8.20. The smallest absolute Gasteiger partial charge is 0.411 e. The fourth-order valence-corrected chi connectivity index (χ4v) is 4.34. The molecule has 0 aliphatic heterocycles. The molecule has 3 aromatic carbocycles. The molecule has 1 aliphatic carbocycles. The van der Waals surface area contributed by atoms with Gasteiger partial charge in [0.1, 0.15) is 12.6 Å². The molecule has 0 unspecified atom stereocenters. The molecule has 7 heteroatoms. The molecule has 0 saturated heterocycles. The first kappa shape index (κ1) is 23.0. The minimum Gasteiger partial charge on any atom is -0.480 e. The Morgan fingerprint density at radius 3 is 2.15 bits per heavy atom. The fraction of sp³-hybridized carbons (Fsp3) is 0.222. The number of fused-ring (bicyclic) bond motifs is 3. The second-order valence-corrected chi connectivity index (χ2v) is 8.20. The van der Waals surface area contributed by atoms with Gasteiger partial charge in [-0.05, 0) is 53.3 Å². The number of ether oxygens (including phenoxy) is 1. The number of hydrogen-bond donors (Lipinski definition) is 3. The van der Waals surface area contributed by atoms with Crippen molar-refractivity contribution in [2.75, 3.05) is 11.9 Å². The van der Waals surface area contributed by atoms with Crippen LogP contribution in [0.25, 0.3) is 11.1 Å². The average Bonchev–Trinajstić information content (AvgIpc) is 3.16. The summed E-state index contributed by atoms with van der Waals surface area (Å²) in [5.74, 6) is -1.66. The van der Waals surface area contributed by atoms with Crippen LogP contribution in [-0.4, -0.2) is 35.7 Å². The number of benzene rings is 3. The van der Waals surface area contributed by atoms with E-state index in [-0.39, 0.29) is 24.5 Å². The summed E-state index contributed by atoms with van der Waals surface area (Å²) in [7, 11) is 0. The van der Waals surface area contributed by atoms with Crippen molar-refractivity contribution in [2.45, 2.75) is 32.2 Å². The number of nitrogens with one attached hydrogen (secondary N) is 2. The lowest BCUT2D eigenvalue weighted by Gasteiger charge is -2.17. The highest BCUT2D eigenvalue weighted by Crippen LogP contribution is 2.44. The number of amides is 2. The Labute approximate surface area is 197 Å². The zero-order valence-corrected chi connectivity index (χ0v) is 19.0. The Morgan fingerprint density at radius 1 is 0.941 bits per heavy atom. The molecule has 0 aromatic heterocycles. The summed E-state index contributed by atoms with van der Waals surface area (Å²) in [4.78, 5) is 36.5. The van der Waals surface area contributed by atoms with Gasteiger partial charge in [-0.2, -0.15) is 0 Å². The predicted molar refractivity (Wildman–Crippen MR) is 129 cm³/mol. The van der Waals surface area contributed by atoms with Gasteiger partial charge in [0.05, 0.1) is 0 Å². The summed E-state index contributed by atoms with van der Waals surface area (Å²) in [6.07, 6.45) is -0.364. The molecule has 2 amide bonds. The molecule has 4 rings (SSSR count). The lowest BCUT2D eigenvalue weighted by Crippen LogP contribution is -2.40. The zero-order chi connectivity index (χ0) is 24.2. The highest BCUT2D eigenvalue weighted by molar-refractivity contribution is 6.00. The Hall–Kier alpha value is -4.13. The van der Waals surface area contributed by atoms with Gasteiger partial charge in [-0.15, -0.1) is 0 Å². The molecule has 0 bridgehead atoms. The molecular weight excluding hydrogens is 432 g/mol. The van der Waals surface area contributed by atoms with Crippen molar-refractivity contribution in [1.82, 2.24) is 5.32 Å². The van der Waals surface area contributed by atoms with Crippen LogP contribution in [0.4, 0.5) is 10.5 Å². The van der Waals surface area contributed by atoms with Gasteiger partial charge in [0, 0.05) is 17.2 Å². The van der Waals surface area contributed by atoms with E-state index in [1.807, 2.05) is 36.4 Å². The molecule has 3 aromatic rings. The fourth-order valence-electron chi connectivity index (χ4n) is 4.34. The van der Waals surface area contributed by atoms with Gasteiger partial charge in [0.2, 0.25) is 0 Å². The van der Waals surface area contributed by atoms with Crippen LogP contribution in [0.2, 0.25) is 0 Å². The van der Waals surface area contributed by atoms with E-state index < -0.39 is 24.0 Å². The van der Waals surface area contributed by atoms with Gasteiger partial charge in [-0.1, -0.05) is 61.5 Å². The quantitative estimate of drug-likeness (QED) is 0.465. The van der Waals surface area contributed by atoms with Gasteiger partial charge < -0.3 is 15.2 Å². The highest BCUT2D eigenvalue weighted by Gasteiger charge is 2.29. The number of rotatable bonds is 7. The third-order valence-electron chi connectivity index (χ3n) is 6.17. The number of carbonyl (C=O) groups excluding carboxylic acids is 2. The predicted octanol–water partition coefficient (Wildman–Crippen LogP) is 4.95. The van der Waals surface area contributed by atoms with Crippen LogP contribution in [0.15, 0.2) is 66.7 Å². The van der Waals surface area contributed by atoms with Crippen molar-refractivity contribution in [3.8, 4) is 11.1 Å². The number of carboxylic acid groups (broad SMARTS) is 1. The second kappa shape index (κ2) is 9.79. The van der Waals surface area contributed by atoms with Crippen molar-refractivity contribution < 1.29 is 24.2 Å². The van der Waals surface area contributed by atoms with Crippen molar-refractivity contribution in [2.24, 2.45) is 0 Å². The maximum absolute atomic E-state index is 12.6. The molecule has 1 atom stereocenters. The van der Waals surface area contributed by atoms with E-state index in [0.717, 1.165) is 22.3 Å². The Morgan fingerprint density at radius 2 is 1.56 bits per heavy atom. The molecule has 34 heavy (non-hydrogen) atoms. The van der Waals surface area contributed by atoms with E-state index in [0.29, 0.717) is 11.3 Å². The van der Waals surface area contributed by atoms with Crippen LogP contribution >= 0.6 is 0 Å². The lowest BCUT2D eigenvalue weighted by molar-refractivity contribution is -0.139. The first-order chi connectivity index (χ1) is 16.4. The molecule has 0 heterocycles. The normalized spacial score (nSPS) is 12.9. The molecule has 0 saturated carbocycles. The highest BCUT2D eigenvalue weighted by atomic mass is 16.5. The number of hydrogen-bond acceptors (Lipinski definition) is 4. The standard InChI is InChI=1S/C27H26N2O5/c1-3-23(26(31)32)28-25(30)17-13-8-14-24(16(17)2)29-27(33)34-15-22-20-11-6-4-9-18(20)19-10-5-7-12-21(19)22/h4-14,22-23H,3,15H2,1-2H3,(H,28,30)(H,29,33)(H,31,32)/t23-/m1/s1. The molecule has 7 nitrogen and oxygen atoms in total. The summed E-state index contributed by atoms with van der Waals surface area (Å²) >= 11 is 0. The summed E-state index contributed by atoms with van der Waals surface area (Å²) in [6.45, 7) is 3.55. The molecule has 0 radical (unpaired) electrons. The average molecular weight is 459 g/mol. The van der Waals surface area contributed by atoms with Crippen LogP contribution in [0, 0.1) is 6.92 Å². The minimum absolute atomic E-state index is 0.0571. The van der Waals surface area contributed by atoms with Gasteiger partial charge in [0.25, 0.3) is 5.91 Å². The molecule has 174 valence electrons. The van der Waals surface area contributed by atoms with E-state index >= 15 is 0 Å². The van der Waals surface area contributed by atoms with Crippen LogP contribution in [-0.2, 0) is 9.53 Å². The van der Waals surface area contributed by atoms with Crippen molar-refractivity contribution >= 4 is 23.7 Å². The Balaban J connectivity index is 1.45. The van der Waals surface area contributed by atoms with Crippen molar-refractivity contribution in [1.29, 1.82) is 0 Å². The van der Waals surface area contributed by atoms with Crippen molar-refractivity contribution in [3.05, 3.63) is 89.0 Å². The minimum atomic E-state index is -1.10. The lowest BCUT2D eigenvalue weighted by atomic mass is 9.98. The molecule has 3 N–H and O–H groups in total. The number of aliphatic carboxylic acids is 1. The topological polar surface area (TPSA) is 105 Å². The van der Waals surface area contributed by atoms with E-state index in [2.05, 4.69) is 22.8 Å². The number of anilines is 1. The Bertz CT molecular complexity index is 1210. The number of carboxylic acids is 1. The monoisotopic (exact) mass is 458 g/mol. The third kappa shape index (κ3) is 4.50. The van der Waals surface area contributed by atoms with Crippen LogP contribution in [0.3, 0.4) is 0 Å². The van der Waals surface area contributed by atoms with Crippen LogP contribution in [0.1, 0.15) is 46.3 Å². The van der Waals surface area contributed by atoms with Gasteiger partial charge in [-0.25, -0.2) is 9.59 Å². The SMILES string of the molecule is CC[C@@H](NC(=O)c1cccc(NC(=O)OCC2c3ccccc3-c3ccccc32)c1C)C(=O)O.